The molecule has 0 bridgehead atoms. The van der Waals surface area contributed by atoms with Gasteiger partial charge in [0.1, 0.15) is 11.9 Å². The van der Waals surface area contributed by atoms with Gasteiger partial charge in [0, 0.05) is 18.8 Å². The number of benzene rings is 1. The topological polar surface area (TPSA) is 33.7 Å². The van der Waals surface area contributed by atoms with Gasteiger partial charge in [0.25, 0.3) is 0 Å². The number of anilines is 1. The van der Waals surface area contributed by atoms with Crippen LogP contribution in [0.5, 0.6) is 5.75 Å². The molecular weight excluding hydrogens is 240 g/mol. The highest BCUT2D eigenvalue weighted by molar-refractivity contribution is 5.49. The molecule has 2 fully saturated rings. The first kappa shape index (κ1) is 12.8. The van der Waals surface area contributed by atoms with Gasteiger partial charge in [-0.15, -0.1) is 0 Å². The van der Waals surface area contributed by atoms with E-state index < -0.39 is 0 Å². The molecule has 1 aromatic rings. The van der Waals surface area contributed by atoms with Crippen molar-refractivity contribution in [2.45, 2.75) is 18.9 Å². The fourth-order valence-electron chi connectivity index (χ4n) is 2.66. The zero-order valence-electron chi connectivity index (χ0n) is 11.3. The van der Waals surface area contributed by atoms with Crippen LogP contribution in [0.2, 0.25) is 0 Å². The van der Waals surface area contributed by atoms with E-state index in [0.717, 1.165) is 58.0 Å². The molecule has 19 heavy (non-hydrogen) atoms. The highest BCUT2D eigenvalue weighted by Crippen LogP contribution is 2.22. The lowest BCUT2D eigenvalue weighted by atomic mass is 10.1. The Kier molecular flexibility index (Phi) is 4.20. The smallest absolute Gasteiger partial charge is 0.119 e. The number of nitrogens with one attached hydrogen (secondary N) is 1. The summed E-state index contributed by atoms with van der Waals surface area (Å²) >= 11 is 0. The molecule has 2 aliphatic heterocycles. The number of hydrogen-bond donors (Lipinski definition) is 1. The van der Waals surface area contributed by atoms with E-state index in [1.807, 2.05) is 0 Å². The Morgan fingerprint density at radius 2 is 1.74 bits per heavy atom. The van der Waals surface area contributed by atoms with Crippen LogP contribution >= 0.6 is 0 Å². The first-order chi connectivity index (χ1) is 9.42. The van der Waals surface area contributed by atoms with E-state index in [4.69, 9.17) is 9.47 Å². The summed E-state index contributed by atoms with van der Waals surface area (Å²) in [7, 11) is 0. The molecule has 0 radical (unpaired) electrons. The van der Waals surface area contributed by atoms with Crippen molar-refractivity contribution in [3.05, 3.63) is 24.3 Å². The molecule has 0 atom stereocenters. The molecule has 0 aliphatic carbocycles. The number of hydrogen-bond acceptors (Lipinski definition) is 4. The first-order valence-electron chi connectivity index (χ1n) is 7.22. The summed E-state index contributed by atoms with van der Waals surface area (Å²) in [5, 5.41) is 3.35. The molecule has 4 nitrogen and oxygen atoms in total. The molecular formula is C15H22N2O2. The van der Waals surface area contributed by atoms with Gasteiger partial charge in [-0.3, -0.25) is 0 Å². The number of nitrogens with zero attached hydrogens (tertiary/aromatic N) is 1. The van der Waals surface area contributed by atoms with Gasteiger partial charge in [-0.1, -0.05) is 0 Å². The lowest BCUT2D eigenvalue weighted by molar-refractivity contribution is 0.122. The normalized spacial score (nSPS) is 21.4. The largest absolute Gasteiger partial charge is 0.490 e. The molecule has 104 valence electrons. The van der Waals surface area contributed by atoms with Gasteiger partial charge in [0.05, 0.1) is 13.2 Å². The van der Waals surface area contributed by atoms with E-state index in [-0.39, 0.29) is 0 Å². The summed E-state index contributed by atoms with van der Waals surface area (Å²) in [4.78, 5) is 2.36. The van der Waals surface area contributed by atoms with E-state index in [9.17, 15) is 0 Å². The van der Waals surface area contributed by atoms with E-state index >= 15 is 0 Å². The van der Waals surface area contributed by atoms with Crippen LogP contribution < -0.4 is 15.0 Å². The van der Waals surface area contributed by atoms with Crippen molar-refractivity contribution in [1.82, 2.24) is 5.32 Å². The molecule has 3 rings (SSSR count). The third kappa shape index (κ3) is 3.39. The van der Waals surface area contributed by atoms with Gasteiger partial charge in [0.2, 0.25) is 0 Å². The summed E-state index contributed by atoms with van der Waals surface area (Å²) in [6, 6.07) is 8.49. The van der Waals surface area contributed by atoms with E-state index in [1.54, 1.807) is 0 Å². The average Bonchev–Trinajstić information content (AvgIpc) is 2.50. The molecule has 0 spiro atoms. The lowest BCUT2D eigenvalue weighted by Crippen LogP contribution is -2.36. The second-order valence-electron chi connectivity index (χ2n) is 5.16. The second-order valence-corrected chi connectivity index (χ2v) is 5.16. The van der Waals surface area contributed by atoms with E-state index in [0.29, 0.717) is 6.10 Å². The molecule has 2 heterocycles. The summed E-state index contributed by atoms with van der Waals surface area (Å²) in [5.74, 6) is 0.990. The molecule has 1 N–H and O–H groups in total. The first-order valence-corrected chi connectivity index (χ1v) is 7.22. The minimum absolute atomic E-state index is 0.371. The highest BCUT2D eigenvalue weighted by atomic mass is 16.5. The van der Waals surface area contributed by atoms with Crippen molar-refractivity contribution in [3.63, 3.8) is 0 Å². The standard InChI is InChI=1S/C15H22N2O2/c1-3-14(19-15-5-7-16-8-6-15)4-2-13(1)17-9-11-18-12-10-17/h1-4,15-16H,5-12H2. The highest BCUT2D eigenvalue weighted by Gasteiger charge is 2.15. The molecule has 1 aromatic carbocycles. The minimum atomic E-state index is 0.371. The van der Waals surface area contributed by atoms with E-state index in [1.165, 1.54) is 5.69 Å². The summed E-state index contributed by atoms with van der Waals surface area (Å²) in [5.41, 5.74) is 1.26. The third-order valence-corrected chi connectivity index (χ3v) is 3.80. The van der Waals surface area contributed by atoms with Crippen LogP contribution in [0.3, 0.4) is 0 Å². The van der Waals surface area contributed by atoms with E-state index in [2.05, 4.69) is 34.5 Å². The van der Waals surface area contributed by atoms with Crippen molar-refractivity contribution in [3.8, 4) is 5.75 Å². The number of piperidine rings is 1. The van der Waals surface area contributed by atoms with Crippen LogP contribution in [0, 0.1) is 0 Å². The quantitative estimate of drug-likeness (QED) is 0.898. The lowest BCUT2D eigenvalue weighted by Gasteiger charge is -2.29. The van der Waals surface area contributed by atoms with Crippen molar-refractivity contribution >= 4 is 5.69 Å². The maximum absolute atomic E-state index is 6.01. The van der Waals surface area contributed by atoms with Gasteiger partial charge in [-0.25, -0.2) is 0 Å². The van der Waals surface area contributed by atoms with Crippen LogP contribution in [0.25, 0.3) is 0 Å². The molecule has 4 heteroatoms. The third-order valence-electron chi connectivity index (χ3n) is 3.80. The predicted molar refractivity (Wildman–Crippen MR) is 76.0 cm³/mol. The minimum Gasteiger partial charge on any atom is -0.490 e. The predicted octanol–water partition coefficient (Wildman–Crippen LogP) is 1.65. The fraction of sp³-hybridized carbons (Fsp3) is 0.600. The maximum Gasteiger partial charge on any atom is 0.119 e. The number of ether oxygens (including phenoxy) is 2. The second kappa shape index (κ2) is 6.26. The fourth-order valence-corrected chi connectivity index (χ4v) is 2.66. The Labute approximate surface area is 114 Å². The average molecular weight is 262 g/mol. The van der Waals surface area contributed by atoms with Crippen molar-refractivity contribution in [1.29, 1.82) is 0 Å². The molecule has 0 unspecified atom stereocenters. The van der Waals surface area contributed by atoms with Gasteiger partial charge in [-0.05, 0) is 50.2 Å². The van der Waals surface area contributed by atoms with Crippen LogP contribution in [0.15, 0.2) is 24.3 Å². The van der Waals surface area contributed by atoms with Gasteiger partial charge < -0.3 is 19.7 Å². The van der Waals surface area contributed by atoms with Crippen molar-refractivity contribution < 1.29 is 9.47 Å². The number of morpholine rings is 1. The van der Waals surface area contributed by atoms with Gasteiger partial charge in [0.15, 0.2) is 0 Å². The maximum atomic E-state index is 6.01. The zero-order chi connectivity index (χ0) is 12.9. The summed E-state index contributed by atoms with van der Waals surface area (Å²) < 4.78 is 11.4. The number of rotatable bonds is 3. The van der Waals surface area contributed by atoms with Crippen LogP contribution in [0.4, 0.5) is 5.69 Å². The molecule has 2 saturated heterocycles. The van der Waals surface area contributed by atoms with Crippen LogP contribution in [-0.4, -0.2) is 45.5 Å². The van der Waals surface area contributed by atoms with Crippen LogP contribution in [0.1, 0.15) is 12.8 Å². The molecule has 0 amide bonds. The summed E-state index contributed by atoms with van der Waals surface area (Å²) in [6.07, 6.45) is 2.58. The molecule has 0 saturated carbocycles. The van der Waals surface area contributed by atoms with Crippen molar-refractivity contribution in [2.24, 2.45) is 0 Å². The monoisotopic (exact) mass is 262 g/mol. The summed E-state index contributed by atoms with van der Waals surface area (Å²) in [6.45, 7) is 5.75. The Morgan fingerprint density at radius 3 is 2.42 bits per heavy atom. The van der Waals surface area contributed by atoms with Crippen LogP contribution in [-0.2, 0) is 4.74 Å². The van der Waals surface area contributed by atoms with Gasteiger partial charge >= 0.3 is 0 Å². The van der Waals surface area contributed by atoms with Gasteiger partial charge in [-0.2, -0.15) is 0 Å². The van der Waals surface area contributed by atoms with Crippen molar-refractivity contribution in [2.75, 3.05) is 44.3 Å². The molecule has 0 aromatic heterocycles. The Hall–Kier alpha value is -1.26. The molecule has 2 aliphatic rings. The SMILES string of the molecule is c1cc(N2CCOCC2)ccc1OC1CCNCC1. The Bertz CT molecular complexity index is 382. The Morgan fingerprint density at radius 1 is 1.05 bits per heavy atom. The zero-order valence-corrected chi connectivity index (χ0v) is 11.3. The Balaban J connectivity index is 1.58.